The number of hydrogen-bond acceptors (Lipinski definition) is 5. The largest absolute Gasteiger partial charge is 0.489 e. The minimum atomic E-state index is -0.618. The molecule has 7 heteroatoms. The highest BCUT2D eigenvalue weighted by Crippen LogP contribution is 2.23. The molecule has 6 nitrogen and oxygen atoms in total. The Morgan fingerprint density at radius 1 is 1.12 bits per heavy atom. The van der Waals surface area contributed by atoms with Crippen LogP contribution in [0.5, 0.6) is 5.75 Å². The molecule has 0 saturated carbocycles. The number of nitrogens with one attached hydrogen (secondary N) is 1. The maximum absolute atomic E-state index is 13.2. The number of benzene rings is 2. The number of alkyl carbamates (subject to hydrolysis) is 1. The molecule has 0 saturated heterocycles. The standard InChI is InChI=1S/C26H31FN2O4/c1-26(2,3)33-25(30)28-17-20(16-27)18-31-21-13-14-22-23(15-21)32-24(29-22)12-8-7-11-19-9-5-4-6-10-19/h4-6,9-10,13-16H,7-8,11-12,17-18H2,1-3H3,(H,28,30). The molecule has 0 aliphatic carbocycles. The summed E-state index contributed by atoms with van der Waals surface area (Å²) >= 11 is 0. The number of nitrogens with zero attached hydrogens (tertiary/aromatic N) is 1. The Morgan fingerprint density at radius 3 is 2.61 bits per heavy atom. The van der Waals surface area contributed by atoms with Gasteiger partial charge in [-0.2, -0.15) is 0 Å². The number of amides is 1. The lowest BCUT2D eigenvalue weighted by molar-refractivity contribution is 0.0531. The summed E-state index contributed by atoms with van der Waals surface area (Å²) in [4.78, 5) is 16.3. The van der Waals surface area contributed by atoms with Crippen LogP contribution in [0.15, 0.2) is 64.9 Å². The van der Waals surface area contributed by atoms with Crippen molar-refractivity contribution in [1.29, 1.82) is 0 Å². The van der Waals surface area contributed by atoms with Gasteiger partial charge in [-0.3, -0.25) is 0 Å². The summed E-state index contributed by atoms with van der Waals surface area (Å²) in [5.74, 6) is 1.23. The molecule has 33 heavy (non-hydrogen) atoms. The quantitative estimate of drug-likeness (QED) is 0.372. The topological polar surface area (TPSA) is 73.6 Å². The number of aromatic nitrogens is 1. The number of rotatable bonds is 10. The molecule has 3 aromatic rings. The molecule has 3 rings (SSSR count). The van der Waals surface area contributed by atoms with E-state index in [4.69, 9.17) is 13.9 Å². The van der Waals surface area contributed by atoms with Crippen molar-refractivity contribution in [3.63, 3.8) is 0 Å². The van der Waals surface area contributed by atoms with Crippen molar-refractivity contribution in [3.05, 3.63) is 71.9 Å². The molecule has 0 radical (unpaired) electrons. The Bertz CT molecular complexity index is 1070. The summed E-state index contributed by atoms with van der Waals surface area (Å²) in [5, 5.41) is 2.52. The fourth-order valence-electron chi connectivity index (χ4n) is 3.20. The number of aryl methyl sites for hydroxylation is 2. The van der Waals surface area contributed by atoms with Gasteiger partial charge in [0.2, 0.25) is 0 Å². The molecular formula is C26H31FN2O4. The maximum atomic E-state index is 13.2. The number of ether oxygens (including phenoxy) is 2. The van der Waals surface area contributed by atoms with E-state index < -0.39 is 11.7 Å². The number of halogens is 1. The van der Waals surface area contributed by atoms with Crippen molar-refractivity contribution < 1.29 is 23.1 Å². The average Bonchev–Trinajstić information content (AvgIpc) is 3.18. The molecule has 0 bridgehead atoms. The summed E-state index contributed by atoms with van der Waals surface area (Å²) in [6.07, 6.45) is 3.67. The van der Waals surface area contributed by atoms with Gasteiger partial charge in [0.25, 0.3) is 0 Å². The maximum Gasteiger partial charge on any atom is 0.407 e. The van der Waals surface area contributed by atoms with Gasteiger partial charge in [0, 0.05) is 24.6 Å². The van der Waals surface area contributed by atoms with Gasteiger partial charge >= 0.3 is 6.09 Å². The first kappa shape index (κ1) is 24.3. The van der Waals surface area contributed by atoms with Crippen molar-refractivity contribution in [2.75, 3.05) is 13.2 Å². The van der Waals surface area contributed by atoms with Gasteiger partial charge in [-0.1, -0.05) is 30.3 Å². The van der Waals surface area contributed by atoms with Gasteiger partial charge in [-0.15, -0.1) is 0 Å². The molecule has 0 aliphatic rings. The highest BCUT2D eigenvalue weighted by molar-refractivity contribution is 5.74. The SMILES string of the molecule is CC(C)(C)OC(=O)NCC(=CF)COc1ccc2nc(CCCCc3ccccc3)oc2c1. The van der Waals surface area contributed by atoms with Gasteiger partial charge in [-0.05, 0) is 57.7 Å². The second-order valence-corrected chi connectivity index (χ2v) is 8.84. The highest BCUT2D eigenvalue weighted by Gasteiger charge is 2.16. The highest BCUT2D eigenvalue weighted by atomic mass is 19.1. The Hall–Kier alpha value is -3.35. The Kier molecular flexibility index (Phi) is 8.46. The van der Waals surface area contributed by atoms with Crippen LogP contribution in [0.25, 0.3) is 11.1 Å². The molecule has 0 unspecified atom stereocenters. The Balaban J connectivity index is 1.46. The molecular weight excluding hydrogens is 423 g/mol. The zero-order valence-electron chi connectivity index (χ0n) is 19.4. The average molecular weight is 455 g/mol. The van der Waals surface area contributed by atoms with E-state index in [2.05, 4.69) is 34.6 Å². The molecule has 1 N–H and O–H groups in total. The predicted molar refractivity (Wildman–Crippen MR) is 126 cm³/mol. The second-order valence-electron chi connectivity index (χ2n) is 8.84. The second kappa shape index (κ2) is 11.5. The van der Waals surface area contributed by atoms with E-state index in [1.54, 1.807) is 32.9 Å². The van der Waals surface area contributed by atoms with E-state index in [0.717, 1.165) is 31.2 Å². The zero-order chi connectivity index (χ0) is 23.7. The number of carbonyl (C=O) groups excluding carboxylic acids is 1. The lowest BCUT2D eigenvalue weighted by atomic mass is 10.1. The molecule has 1 amide bonds. The van der Waals surface area contributed by atoms with Gasteiger partial charge in [-0.25, -0.2) is 14.2 Å². The van der Waals surface area contributed by atoms with E-state index in [0.29, 0.717) is 23.6 Å². The fraction of sp³-hybridized carbons (Fsp3) is 0.385. The molecule has 0 atom stereocenters. The van der Waals surface area contributed by atoms with Crippen LogP contribution in [0.2, 0.25) is 0 Å². The molecule has 0 spiro atoms. The molecule has 1 aromatic heterocycles. The number of unbranched alkanes of at least 4 members (excludes halogenated alkanes) is 1. The van der Waals surface area contributed by atoms with Crippen LogP contribution in [0, 0.1) is 0 Å². The Morgan fingerprint density at radius 2 is 1.88 bits per heavy atom. The minimum Gasteiger partial charge on any atom is -0.489 e. The van der Waals surface area contributed by atoms with E-state index in [-0.39, 0.29) is 18.7 Å². The van der Waals surface area contributed by atoms with Crippen LogP contribution in [-0.2, 0) is 17.6 Å². The third-order valence-corrected chi connectivity index (χ3v) is 4.79. The first-order valence-electron chi connectivity index (χ1n) is 11.1. The van der Waals surface area contributed by atoms with Crippen molar-refractivity contribution in [2.45, 2.75) is 52.1 Å². The fourth-order valence-corrected chi connectivity index (χ4v) is 3.20. The van der Waals surface area contributed by atoms with Gasteiger partial charge in [0.1, 0.15) is 23.5 Å². The molecule has 2 aromatic carbocycles. The van der Waals surface area contributed by atoms with Gasteiger partial charge in [0.15, 0.2) is 11.5 Å². The van der Waals surface area contributed by atoms with Crippen molar-refractivity contribution in [1.82, 2.24) is 10.3 Å². The third-order valence-electron chi connectivity index (χ3n) is 4.79. The summed E-state index contributed by atoms with van der Waals surface area (Å²) in [7, 11) is 0. The number of carbonyl (C=O) groups is 1. The van der Waals surface area contributed by atoms with Crippen LogP contribution in [-0.4, -0.2) is 29.8 Å². The van der Waals surface area contributed by atoms with E-state index >= 15 is 0 Å². The Labute approximate surface area is 193 Å². The van der Waals surface area contributed by atoms with Crippen LogP contribution < -0.4 is 10.1 Å². The zero-order valence-corrected chi connectivity index (χ0v) is 19.4. The lowest BCUT2D eigenvalue weighted by Gasteiger charge is -2.20. The van der Waals surface area contributed by atoms with Crippen LogP contribution >= 0.6 is 0 Å². The summed E-state index contributed by atoms with van der Waals surface area (Å²) in [6.45, 7) is 5.26. The van der Waals surface area contributed by atoms with Gasteiger partial charge < -0.3 is 19.2 Å². The number of fused-ring (bicyclic) bond motifs is 1. The van der Waals surface area contributed by atoms with Crippen LogP contribution in [0.4, 0.5) is 9.18 Å². The first-order valence-corrected chi connectivity index (χ1v) is 11.1. The van der Waals surface area contributed by atoms with Crippen LogP contribution in [0.3, 0.4) is 0 Å². The molecule has 0 fully saturated rings. The van der Waals surface area contributed by atoms with Crippen molar-refractivity contribution >= 4 is 17.2 Å². The molecule has 1 heterocycles. The minimum absolute atomic E-state index is 0.0108. The predicted octanol–water partition coefficient (Wildman–Crippen LogP) is 6.15. The van der Waals surface area contributed by atoms with Crippen LogP contribution in [0.1, 0.15) is 45.1 Å². The summed E-state index contributed by atoms with van der Waals surface area (Å²) < 4.78 is 29.9. The molecule has 176 valence electrons. The third kappa shape index (κ3) is 8.25. The lowest BCUT2D eigenvalue weighted by Crippen LogP contribution is -2.34. The van der Waals surface area contributed by atoms with E-state index in [1.807, 2.05) is 12.1 Å². The number of hydrogen-bond donors (Lipinski definition) is 1. The first-order chi connectivity index (χ1) is 15.8. The molecule has 0 aliphatic heterocycles. The van der Waals surface area contributed by atoms with E-state index in [1.165, 1.54) is 5.56 Å². The van der Waals surface area contributed by atoms with E-state index in [9.17, 15) is 9.18 Å². The normalized spacial score (nSPS) is 12.1. The monoisotopic (exact) mass is 454 g/mol. The summed E-state index contributed by atoms with van der Waals surface area (Å²) in [5.41, 5.74) is 2.38. The number of oxazole rings is 1. The smallest absolute Gasteiger partial charge is 0.407 e. The van der Waals surface area contributed by atoms with Crippen molar-refractivity contribution in [3.8, 4) is 5.75 Å². The summed E-state index contributed by atoms with van der Waals surface area (Å²) in [6, 6.07) is 15.7. The van der Waals surface area contributed by atoms with Gasteiger partial charge in [0.05, 0.1) is 6.33 Å². The van der Waals surface area contributed by atoms with Crippen molar-refractivity contribution in [2.24, 2.45) is 0 Å².